The van der Waals surface area contributed by atoms with Crippen LogP contribution in [0.25, 0.3) is 5.73 Å². The van der Waals surface area contributed by atoms with Crippen molar-refractivity contribution in [2.75, 3.05) is 0 Å². The summed E-state index contributed by atoms with van der Waals surface area (Å²) in [7, 11) is 0. The topological polar surface area (TPSA) is 23.8 Å². The second-order valence-corrected chi connectivity index (χ2v) is 5.65. The first-order valence-electron chi connectivity index (χ1n) is 6.35. The minimum absolute atomic E-state index is 0. The maximum Gasteiger partial charge on any atom is 0 e. The molecule has 1 rings (SSSR count). The summed E-state index contributed by atoms with van der Waals surface area (Å²) in [4.78, 5) is 0. The third-order valence-corrected chi connectivity index (χ3v) is 1.91. The Balaban J connectivity index is -0.0000000526. The molecule has 0 amide bonds. The molecule has 0 saturated heterocycles. The van der Waals surface area contributed by atoms with E-state index in [0.29, 0.717) is 5.92 Å². The van der Waals surface area contributed by atoms with Gasteiger partial charge in [0.1, 0.15) is 0 Å². The van der Waals surface area contributed by atoms with Crippen molar-refractivity contribution in [3.05, 3.63) is 39.3 Å². The van der Waals surface area contributed by atoms with Gasteiger partial charge in [0.15, 0.2) is 0 Å². The maximum atomic E-state index is 7.42. The van der Waals surface area contributed by atoms with Crippen LogP contribution in [0.2, 0.25) is 0 Å². The molecule has 0 aliphatic heterocycles. The van der Waals surface area contributed by atoms with E-state index in [0.717, 1.165) is 6.42 Å². The molecule has 126 valence electrons. The summed E-state index contributed by atoms with van der Waals surface area (Å²) in [6, 6.07) is 0.142. The number of hydrogen-bond donors (Lipinski definition) is 0. The molecular weight excluding hydrogens is 413 g/mol. The summed E-state index contributed by atoms with van der Waals surface area (Å²) in [5, 5.41) is 0. The standard InChI is InChI=1S/C7H13N.2C4H9.2CH3.Pt/c1-6-4-2-3-5-7(6)8;2*1-4(2)3;;;/h6-8H,1-5H2;2*1-3H3;2*1H3;/q-2;4*-1;. The fourth-order valence-electron chi connectivity index (χ4n) is 1.21. The summed E-state index contributed by atoms with van der Waals surface area (Å²) >= 11 is 0. The van der Waals surface area contributed by atoms with E-state index in [1.54, 1.807) is 0 Å². The Morgan fingerprint density at radius 3 is 1.26 bits per heavy atom. The molecule has 19 heavy (non-hydrogen) atoms. The molecule has 0 heterocycles. The summed E-state index contributed by atoms with van der Waals surface area (Å²) < 4.78 is 0. The van der Waals surface area contributed by atoms with Crippen molar-refractivity contribution >= 4 is 0 Å². The van der Waals surface area contributed by atoms with Crippen molar-refractivity contribution in [1.29, 1.82) is 0 Å². The first-order valence-corrected chi connectivity index (χ1v) is 6.35. The van der Waals surface area contributed by atoms with Gasteiger partial charge in [-0.05, 0) is 0 Å². The minimum atomic E-state index is 0. The molecular formula is C17H37NPt-6. The smallest absolute Gasteiger partial charge is 0 e. The summed E-state index contributed by atoms with van der Waals surface area (Å²) in [6.07, 6.45) is 4.80. The van der Waals surface area contributed by atoms with Crippen LogP contribution < -0.4 is 0 Å². The Hall–Kier alpha value is 0.648. The normalized spacial score (nSPS) is 20.5. The molecule has 0 aromatic heterocycles. The molecule has 1 saturated carbocycles. The third-order valence-electron chi connectivity index (χ3n) is 1.91. The van der Waals surface area contributed by atoms with E-state index in [1.165, 1.54) is 31.1 Å². The van der Waals surface area contributed by atoms with Gasteiger partial charge in [0.25, 0.3) is 0 Å². The van der Waals surface area contributed by atoms with E-state index in [9.17, 15) is 0 Å². The second kappa shape index (κ2) is 21.0. The van der Waals surface area contributed by atoms with Crippen molar-refractivity contribution in [3.8, 4) is 0 Å². The van der Waals surface area contributed by atoms with E-state index in [1.807, 2.05) is 0 Å². The average molecular weight is 451 g/mol. The molecule has 0 radical (unpaired) electrons. The van der Waals surface area contributed by atoms with Crippen LogP contribution in [0, 0.1) is 39.5 Å². The van der Waals surface area contributed by atoms with Crippen molar-refractivity contribution < 1.29 is 21.1 Å². The number of hydrogen-bond acceptors (Lipinski definition) is 0. The van der Waals surface area contributed by atoms with Crippen molar-refractivity contribution in [3.63, 3.8) is 0 Å². The molecule has 2 unspecified atom stereocenters. The van der Waals surface area contributed by atoms with Gasteiger partial charge in [-0.2, -0.15) is 53.5 Å². The molecule has 1 aliphatic rings. The first kappa shape index (κ1) is 31.8. The monoisotopic (exact) mass is 450 g/mol. The molecule has 1 N–H and O–H groups in total. The van der Waals surface area contributed by atoms with E-state index < -0.39 is 0 Å². The molecule has 1 fully saturated rings. The second-order valence-electron chi connectivity index (χ2n) is 5.65. The van der Waals surface area contributed by atoms with Crippen LogP contribution in [0.5, 0.6) is 0 Å². The van der Waals surface area contributed by atoms with Crippen LogP contribution in [0.1, 0.15) is 67.2 Å². The molecule has 2 atom stereocenters. The largest absolute Gasteiger partial charge is 0.677 e. The fourth-order valence-corrected chi connectivity index (χ4v) is 1.21. The molecule has 1 nitrogen and oxygen atoms in total. The van der Waals surface area contributed by atoms with Crippen LogP contribution in [-0.4, -0.2) is 6.04 Å². The van der Waals surface area contributed by atoms with Crippen LogP contribution in [0.3, 0.4) is 0 Å². The van der Waals surface area contributed by atoms with Crippen LogP contribution in [-0.2, 0) is 21.1 Å². The van der Waals surface area contributed by atoms with E-state index in [-0.39, 0.29) is 42.0 Å². The van der Waals surface area contributed by atoms with Gasteiger partial charge in [0.2, 0.25) is 0 Å². The Labute approximate surface area is 139 Å². The van der Waals surface area contributed by atoms with Crippen LogP contribution in [0.15, 0.2) is 0 Å². The van der Waals surface area contributed by atoms with Gasteiger partial charge >= 0.3 is 0 Å². The van der Waals surface area contributed by atoms with Gasteiger partial charge in [-0.15, -0.1) is 0 Å². The molecule has 0 aromatic rings. The van der Waals surface area contributed by atoms with Gasteiger partial charge in [-0.1, -0.05) is 25.7 Å². The molecule has 0 aromatic carbocycles. The summed E-state index contributed by atoms with van der Waals surface area (Å²) in [5.74, 6) is 3.25. The van der Waals surface area contributed by atoms with Gasteiger partial charge in [0.05, 0.1) is 0 Å². The zero-order chi connectivity index (χ0) is 13.1. The summed E-state index contributed by atoms with van der Waals surface area (Å²) in [5.41, 5.74) is 7.42. The van der Waals surface area contributed by atoms with Gasteiger partial charge < -0.3 is 39.3 Å². The molecule has 2 heteroatoms. The first-order chi connectivity index (χ1) is 7.27. The van der Waals surface area contributed by atoms with Crippen molar-refractivity contribution in [1.82, 2.24) is 0 Å². The molecule has 1 aliphatic carbocycles. The SMILES string of the molecule is C[C-](C)C.C[C-](C)C.[CH2-]C1CCCCC1[NH-].[CH3-].[CH3-].[Pt]. The average Bonchev–Trinajstić information content (AvgIpc) is 2.08. The summed E-state index contributed by atoms with van der Waals surface area (Å²) in [6.45, 7) is 16.4. The molecule has 0 bridgehead atoms. The Morgan fingerprint density at radius 1 is 0.842 bits per heavy atom. The Kier molecular flexibility index (Phi) is 35.1. The predicted octanol–water partition coefficient (Wildman–Crippen LogP) is 6.57. The van der Waals surface area contributed by atoms with Gasteiger partial charge in [-0.25, -0.2) is 0 Å². The zero-order valence-corrected chi connectivity index (χ0v) is 16.8. The van der Waals surface area contributed by atoms with E-state index in [4.69, 9.17) is 5.73 Å². The minimum Gasteiger partial charge on any atom is -0.677 e. The predicted molar refractivity (Wildman–Crippen MR) is 88.8 cm³/mol. The molecule has 0 spiro atoms. The van der Waals surface area contributed by atoms with Gasteiger partial charge in [0, 0.05) is 21.1 Å². The van der Waals surface area contributed by atoms with E-state index >= 15 is 0 Å². The number of nitrogens with one attached hydrogen (secondary N) is 1. The van der Waals surface area contributed by atoms with Crippen LogP contribution >= 0.6 is 0 Å². The van der Waals surface area contributed by atoms with Crippen molar-refractivity contribution in [2.24, 2.45) is 5.92 Å². The van der Waals surface area contributed by atoms with Crippen LogP contribution in [0.4, 0.5) is 0 Å². The third kappa shape index (κ3) is 38.1. The van der Waals surface area contributed by atoms with E-state index in [2.05, 4.69) is 48.5 Å². The zero-order valence-electron chi connectivity index (χ0n) is 14.5. The Bertz CT molecular complexity index is 114. The van der Waals surface area contributed by atoms with Crippen molar-refractivity contribution in [2.45, 2.75) is 73.3 Å². The number of rotatable bonds is 0. The van der Waals surface area contributed by atoms with Gasteiger partial charge in [-0.3, -0.25) is 0 Å². The fraction of sp³-hybridized carbons (Fsp3) is 0.706. The maximum absolute atomic E-state index is 7.42. The quantitative estimate of drug-likeness (QED) is 0.373. The Morgan fingerprint density at radius 2 is 1.11 bits per heavy atom.